The number of hydrogen-bond acceptors (Lipinski definition) is 2. The maximum atomic E-state index is 13.0. The highest BCUT2D eigenvalue weighted by molar-refractivity contribution is 6.31. The molecule has 1 atom stereocenters. The van der Waals surface area contributed by atoms with Gasteiger partial charge in [0.05, 0.1) is 5.02 Å². The molecule has 19 heavy (non-hydrogen) atoms. The van der Waals surface area contributed by atoms with E-state index in [9.17, 15) is 9.18 Å². The van der Waals surface area contributed by atoms with E-state index in [-0.39, 0.29) is 23.5 Å². The third kappa shape index (κ3) is 5.17. The molecule has 0 fully saturated rings. The average Bonchev–Trinajstić information content (AvgIpc) is 2.39. The molecule has 0 aliphatic carbocycles. The molecule has 0 spiro atoms. The van der Waals surface area contributed by atoms with Gasteiger partial charge in [0.1, 0.15) is 5.82 Å². The lowest BCUT2D eigenvalue weighted by Gasteiger charge is -2.15. The number of nitrogens with one attached hydrogen (secondary N) is 1. The summed E-state index contributed by atoms with van der Waals surface area (Å²) >= 11 is 5.63. The molecule has 0 saturated carbocycles. The van der Waals surface area contributed by atoms with Gasteiger partial charge in [-0.1, -0.05) is 24.9 Å². The van der Waals surface area contributed by atoms with Gasteiger partial charge in [0, 0.05) is 18.7 Å². The summed E-state index contributed by atoms with van der Waals surface area (Å²) in [7, 11) is 0. The van der Waals surface area contributed by atoms with Gasteiger partial charge in [-0.25, -0.2) is 4.39 Å². The van der Waals surface area contributed by atoms with Crippen molar-refractivity contribution in [2.24, 2.45) is 5.92 Å². The Hall–Kier alpha value is -1.13. The molecule has 1 aromatic rings. The van der Waals surface area contributed by atoms with Crippen molar-refractivity contribution in [3.63, 3.8) is 0 Å². The molecule has 0 heterocycles. The number of rotatable bonds is 7. The summed E-state index contributed by atoms with van der Waals surface area (Å²) in [6, 6.07) is 3.89. The van der Waals surface area contributed by atoms with E-state index in [2.05, 4.69) is 12.2 Å². The summed E-state index contributed by atoms with van der Waals surface area (Å²) in [5, 5.41) is 11.7. The van der Waals surface area contributed by atoms with Gasteiger partial charge in [0.15, 0.2) is 0 Å². The third-order valence-electron chi connectivity index (χ3n) is 2.97. The van der Waals surface area contributed by atoms with Crippen molar-refractivity contribution in [3.05, 3.63) is 34.6 Å². The first-order valence-corrected chi connectivity index (χ1v) is 6.80. The van der Waals surface area contributed by atoms with Crippen LogP contribution in [0.2, 0.25) is 5.02 Å². The second kappa shape index (κ2) is 8.12. The number of carbonyl (C=O) groups excluding carboxylic acids is 1. The lowest BCUT2D eigenvalue weighted by Crippen LogP contribution is -2.29. The number of halogens is 2. The molecule has 0 radical (unpaired) electrons. The molecule has 2 N–H and O–H groups in total. The van der Waals surface area contributed by atoms with E-state index >= 15 is 0 Å². The maximum absolute atomic E-state index is 13.0. The van der Waals surface area contributed by atoms with E-state index in [4.69, 9.17) is 16.7 Å². The summed E-state index contributed by atoms with van der Waals surface area (Å²) in [5.41, 5.74) is 0.339. The summed E-state index contributed by atoms with van der Waals surface area (Å²) in [6.07, 6.45) is 2.62. The van der Waals surface area contributed by atoms with Crippen LogP contribution in [0.3, 0.4) is 0 Å². The van der Waals surface area contributed by atoms with E-state index in [0.29, 0.717) is 18.5 Å². The zero-order chi connectivity index (χ0) is 14.3. The zero-order valence-electron chi connectivity index (χ0n) is 11.0. The Morgan fingerprint density at radius 1 is 1.47 bits per heavy atom. The minimum absolute atomic E-state index is 0.0619. The molecule has 106 valence electrons. The minimum atomic E-state index is -0.539. The van der Waals surface area contributed by atoms with Gasteiger partial charge in [-0.05, 0) is 37.0 Å². The van der Waals surface area contributed by atoms with Crippen LogP contribution < -0.4 is 5.32 Å². The van der Waals surface area contributed by atoms with Crippen LogP contribution in [0.4, 0.5) is 4.39 Å². The van der Waals surface area contributed by atoms with Crippen LogP contribution in [0.1, 0.15) is 36.5 Å². The largest absolute Gasteiger partial charge is 0.396 e. The molecular formula is C14H19ClFNO2. The number of aliphatic hydroxyl groups is 1. The SMILES string of the molecule is CCCC(CCO)CNC(=O)c1ccc(F)c(Cl)c1. The monoisotopic (exact) mass is 287 g/mol. The van der Waals surface area contributed by atoms with E-state index in [0.717, 1.165) is 12.8 Å². The molecule has 0 aromatic heterocycles. The number of amides is 1. The van der Waals surface area contributed by atoms with Gasteiger partial charge in [-0.15, -0.1) is 0 Å². The Balaban J connectivity index is 2.56. The number of benzene rings is 1. The summed E-state index contributed by atoms with van der Waals surface area (Å²) in [4.78, 5) is 11.9. The van der Waals surface area contributed by atoms with Crippen LogP contribution in [0, 0.1) is 11.7 Å². The van der Waals surface area contributed by atoms with Crippen LogP contribution >= 0.6 is 11.6 Å². The van der Waals surface area contributed by atoms with E-state index in [1.807, 2.05) is 0 Å². The predicted molar refractivity (Wildman–Crippen MR) is 73.8 cm³/mol. The molecule has 1 rings (SSSR count). The van der Waals surface area contributed by atoms with Crippen LogP contribution in [-0.2, 0) is 0 Å². The van der Waals surface area contributed by atoms with Gasteiger partial charge in [0.25, 0.3) is 5.91 Å². The number of aliphatic hydroxyl groups excluding tert-OH is 1. The Morgan fingerprint density at radius 2 is 2.21 bits per heavy atom. The molecule has 0 bridgehead atoms. The Morgan fingerprint density at radius 3 is 2.79 bits per heavy atom. The highest BCUT2D eigenvalue weighted by atomic mass is 35.5. The highest BCUT2D eigenvalue weighted by Gasteiger charge is 2.12. The molecule has 1 aromatic carbocycles. The predicted octanol–water partition coefficient (Wildman–Crippen LogP) is 3.01. The second-order valence-corrected chi connectivity index (χ2v) is 4.91. The maximum Gasteiger partial charge on any atom is 0.251 e. The topological polar surface area (TPSA) is 49.3 Å². The van der Waals surface area contributed by atoms with E-state index < -0.39 is 5.82 Å². The fourth-order valence-electron chi connectivity index (χ4n) is 1.92. The molecule has 5 heteroatoms. The molecule has 3 nitrogen and oxygen atoms in total. The highest BCUT2D eigenvalue weighted by Crippen LogP contribution is 2.16. The van der Waals surface area contributed by atoms with Crippen molar-refractivity contribution in [2.45, 2.75) is 26.2 Å². The molecular weight excluding hydrogens is 269 g/mol. The zero-order valence-corrected chi connectivity index (χ0v) is 11.7. The smallest absolute Gasteiger partial charge is 0.251 e. The Kier molecular flexibility index (Phi) is 6.81. The first-order chi connectivity index (χ1) is 9.08. The van der Waals surface area contributed by atoms with E-state index in [1.54, 1.807) is 0 Å². The van der Waals surface area contributed by atoms with Crippen molar-refractivity contribution in [1.29, 1.82) is 0 Å². The van der Waals surface area contributed by atoms with Crippen molar-refractivity contribution in [1.82, 2.24) is 5.32 Å². The van der Waals surface area contributed by atoms with Gasteiger partial charge in [0.2, 0.25) is 0 Å². The van der Waals surface area contributed by atoms with Crippen LogP contribution in [-0.4, -0.2) is 24.2 Å². The molecule has 0 saturated heterocycles. The van der Waals surface area contributed by atoms with E-state index in [1.165, 1.54) is 18.2 Å². The number of hydrogen-bond donors (Lipinski definition) is 2. The first-order valence-electron chi connectivity index (χ1n) is 6.42. The molecule has 1 amide bonds. The Bertz CT molecular complexity index is 420. The van der Waals surface area contributed by atoms with Crippen LogP contribution in [0.5, 0.6) is 0 Å². The van der Waals surface area contributed by atoms with Crippen molar-refractivity contribution in [2.75, 3.05) is 13.2 Å². The lowest BCUT2D eigenvalue weighted by molar-refractivity contribution is 0.0943. The van der Waals surface area contributed by atoms with Gasteiger partial charge < -0.3 is 10.4 Å². The fraction of sp³-hybridized carbons (Fsp3) is 0.500. The minimum Gasteiger partial charge on any atom is -0.396 e. The van der Waals surface area contributed by atoms with Gasteiger partial charge >= 0.3 is 0 Å². The van der Waals surface area contributed by atoms with Crippen molar-refractivity contribution in [3.8, 4) is 0 Å². The van der Waals surface area contributed by atoms with Crippen LogP contribution in [0.15, 0.2) is 18.2 Å². The molecule has 0 aliphatic heterocycles. The quantitative estimate of drug-likeness (QED) is 0.810. The summed E-state index contributed by atoms with van der Waals surface area (Å²) in [6.45, 7) is 2.68. The molecule has 1 unspecified atom stereocenters. The van der Waals surface area contributed by atoms with Crippen molar-refractivity contribution < 1.29 is 14.3 Å². The van der Waals surface area contributed by atoms with Gasteiger partial charge in [-0.2, -0.15) is 0 Å². The Labute approximate surface area is 117 Å². The van der Waals surface area contributed by atoms with Crippen molar-refractivity contribution >= 4 is 17.5 Å². The second-order valence-electron chi connectivity index (χ2n) is 4.51. The normalized spacial score (nSPS) is 12.2. The average molecular weight is 288 g/mol. The fourth-order valence-corrected chi connectivity index (χ4v) is 2.10. The third-order valence-corrected chi connectivity index (χ3v) is 3.26. The summed E-state index contributed by atoms with van der Waals surface area (Å²) in [5.74, 6) is -0.557. The first kappa shape index (κ1) is 15.9. The summed E-state index contributed by atoms with van der Waals surface area (Å²) < 4.78 is 13.0. The lowest BCUT2D eigenvalue weighted by atomic mass is 10.00. The van der Waals surface area contributed by atoms with Gasteiger partial charge in [-0.3, -0.25) is 4.79 Å². The molecule has 0 aliphatic rings. The number of carbonyl (C=O) groups is 1. The standard InChI is InChI=1S/C14H19ClFNO2/c1-2-3-10(6-7-18)9-17-14(19)11-4-5-13(16)12(15)8-11/h4-5,8,10,18H,2-3,6-7,9H2,1H3,(H,17,19). The van der Waals surface area contributed by atoms with Crippen LogP contribution in [0.25, 0.3) is 0 Å².